The summed E-state index contributed by atoms with van der Waals surface area (Å²) in [7, 11) is 1.93. The summed E-state index contributed by atoms with van der Waals surface area (Å²) in [5, 5.41) is 5.57. The van der Waals surface area contributed by atoms with Crippen LogP contribution in [0.4, 0.5) is 0 Å². The molecule has 2 aromatic rings. The van der Waals surface area contributed by atoms with Crippen LogP contribution in [-0.4, -0.2) is 12.0 Å². The fraction of sp³-hybridized carbons (Fsp3) is 0.250. The zero-order valence-electron chi connectivity index (χ0n) is 8.54. The van der Waals surface area contributed by atoms with Crippen molar-refractivity contribution in [3.63, 3.8) is 0 Å². The van der Waals surface area contributed by atoms with Crippen LogP contribution in [0.25, 0.3) is 10.8 Å². The van der Waals surface area contributed by atoms with Crippen LogP contribution in [-0.2, 0) is 6.54 Å². The Hall–Kier alpha value is -1.41. The molecular formula is C12H14N2. The number of aryl methyl sites for hydroxylation is 1. The highest BCUT2D eigenvalue weighted by Crippen LogP contribution is 2.15. The monoisotopic (exact) mass is 186 g/mol. The van der Waals surface area contributed by atoms with Crippen LogP contribution < -0.4 is 5.32 Å². The minimum Gasteiger partial charge on any atom is -0.314 e. The zero-order valence-corrected chi connectivity index (χ0v) is 8.54. The number of benzene rings is 1. The number of hydrogen-bond acceptors (Lipinski definition) is 2. The third-order valence-electron chi connectivity index (χ3n) is 2.29. The van der Waals surface area contributed by atoms with Gasteiger partial charge in [0, 0.05) is 18.1 Å². The van der Waals surface area contributed by atoms with E-state index in [2.05, 4.69) is 41.5 Å². The van der Waals surface area contributed by atoms with Crippen molar-refractivity contribution in [3.8, 4) is 0 Å². The number of rotatable bonds is 2. The normalized spacial score (nSPS) is 10.7. The van der Waals surface area contributed by atoms with Gasteiger partial charge in [0.05, 0.1) is 5.69 Å². The fourth-order valence-electron chi connectivity index (χ4n) is 1.58. The first-order valence-corrected chi connectivity index (χ1v) is 4.79. The molecule has 0 radical (unpaired) electrons. The molecule has 1 aromatic heterocycles. The first kappa shape index (κ1) is 9.16. The molecule has 14 heavy (non-hydrogen) atoms. The van der Waals surface area contributed by atoms with Gasteiger partial charge in [-0.2, -0.15) is 0 Å². The minimum absolute atomic E-state index is 0.823. The van der Waals surface area contributed by atoms with Crippen LogP contribution >= 0.6 is 0 Å². The van der Waals surface area contributed by atoms with Crippen molar-refractivity contribution in [1.82, 2.24) is 10.3 Å². The van der Waals surface area contributed by atoms with Gasteiger partial charge in [-0.05, 0) is 31.5 Å². The van der Waals surface area contributed by atoms with Crippen molar-refractivity contribution in [2.75, 3.05) is 7.05 Å². The van der Waals surface area contributed by atoms with Crippen LogP contribution in [0.3, 0.4) is 0 Å². The number of fused-ring (bicyclic) bond motifs is 1. The van der Waals surface area contributed by atoms with Crippen molar-refractivity contribution in [2.45, 2.75) is 13.5 Å². The quantitative estimate of drug-likeness (QED) is 0.778. The topological polar surface area (TPSA) is 24.9 Å². The van der Waals surface area contributed by atoms with E-state index < -0.39 is 0 Å². The lowest BCUT2D eigenvalue weighted by molar-refractivity contribution is 0.793. The molecule has 2 rings (SSSR count). The molecule has 0 fully saturated rings. The highest BCUT2D eigenvalue weighted by molar-refractivity contribution is 5.82. The first-order valence-electron chi connectivity index (χ1n) is 4.79. The largest absolute Gasteiger partial charge is 0.314 e. The van der Waals surface area contributed by atoms with Gasteiger partial charge in [-0.1, -0.05) is 17.7 Å². The molecule has 0 saturated heterocycles. The molecule has 72 valence electrons. The Morgan fingerprint density at radius 1 is 1.21 bits per heavy atom. The summed E-state index contributed by atoms with van der Waals surface area (Å²) in [5.74, 6) is 0. The van der Waals surface area contributed by atoms with Crippen molar-refractivity contribution < 1.29 is 0 Å². The summed E-state index contributed by atoms with van der Waals surface area (Å²) in [6, 6.07) is 8.56. The van der Waals surface area contributed by atoms with E-state index in [-0.39, 0.29) is 0 Å². The molecule has 0 unspecified atom stereocenters. The van der Waals surface area contributed by atoms with Crippen LogP contribution in [0.2, 0.25) is 0 Å². The Labute approximate surface area is 84.0 Å². The number of nitrogens with zero attached hydrogens (tertiary/aromatic N) is 1. The van der Waals surface area contributed by atoms with Gasteiger partial charge in [-0.15, -0.1) is 0 Å². The van der Waals surface area contributed by atoms with Gasteiger partial charge in [-0.3, -0.25) is 4.98 Å². The van der Waals surface area contributed by atoms with Gasteiger partial charge in [0.1, 0.15) is 0 Å². The predicted molar refractivity (Wildman–Crippen MR) is 59.2 cm³/mol. The molecule has 0 atom stereocenters. The molecule has 0 amide bonds. The lowest BCUT2D eigenvalue weighted by atomic mass is 10.1. The summed E-state index contributed by atoms with van der Waals surface area (Å²) < 4.78 is 0. The Morgan fingerprint density at radius 2 is 2.07 bits per heavy atom. The molecule has 2 heteroatoms. The molecule has 1 heterocycles. The summed E-state index contributed by atoms with van der Waals surface area (Å²) in [6.45, 7) is 2.92. The summed E-state index contributed by atoms with van der Waals surface area (Å²) in [5.41, 5.74) is 2.37. The van der Waals surface area contributed by atoms with Gasteiger partial charge in [0.15, 0.2) is 0 Å². The Balaban J connectivity index is 2.50. The van der Waals surface area contributed by atoms with Crippen LogP contribution in [0.1, 0.15) is 11.3 Å². The number of hydrogen-bond donors (Lipinski definition) is 1. The van der Waals surface area contributed by atoms with E-state index in [1.807, 2.05) is 13.2 Å². The number of pyridine rings is 1. The van der Waals surface area contributed by atoms with Gasteiger partial charge < -0.3 is 5.32 Å². The van der Waals surface area contributed by atoms with E-state index in [9.17, 15) is 0 Å². The van der Waals surface area contributed by atoms with E-state index in [1.165, 1.54) is 16.3 Å². The molecule has 2 nitrogen and oxygen atoms in total. The van der Waals surface area contributed by atoms with Gasteiger partial charge in [-0.25, -0.2) is 0 Å². The smallest absolute Gasteiger partial charge is 0.0547 e. The van der Waals surface area contributed by atoms with E-state index in [4.69, 9.17) is 0 Å². The molecule has 0 aliphatic carbocycles. The maximum absolute atomic E-state index is 4.38. The van der Waals surface area contributed by atoms with E-state index in [0.717, 1.165) is 12.2 Å². The molecule has 0 aliphatic rings. The second-order valence-electron chi connectivity index (χ2n) is 3.56. The number of aromatic nitrogens is 1. The Kier molecular flexibility index (Phi) is 2.46. The molecule has 1 N–H and O–H groups in total. The van der Waals surface area contributed by atoms with Crippen molar-refractivity contribution >= 4 is 10.8 Å². The fourth-order valence-corrected chi connectivity index (χ4v) is 1.58. The molecular weight excluding hydrogens is 172 g/mol. The van der Waals surface area contributed by atoms with Crippen LogP contribution in [0.15, 0.2) is 30.5 Å². The zero-order chi connectivity index (χ0) is 9.97. The number of nitrogens with one attached hydrogen (secondary N) is 1. The first-order chi connectivity index (χ1) is 6.79. The van der Waals surface area contributed by atoms with Crippen molar-refractivity contribution in [3.05, 3.63) is 41.7 Å². The van der Waals surface area contributed by atoms with E-state index in [0.29, 0.717) is 0 Å². The second kappa shape index (κ2) is 3.76. The highest BCUT2D eigenvalue weighted by atomic mass is 14.8. The molecule has 0 aliphatic heterocycles. The van der Waals surface area contributed by atoms with Gasteiger partial charge in [0.25, 0.3) is 0 Å². The minimum atomic E-state index is 0.823. The van der Waals surface area contributed by atoms with E-state index >= 15 is 0 Å². The average Bonchev–Trinajstić information content (AvgIpc) is 2.19. The molecule has 0 bridgehead atoms. The molecule has 1 aromatic carbocycles. The Bertz CT molecular complexity index is 449. The van der Waals surface area contributed by atoms with Crippen LogP contribution in [0.5, 0.6) is 0 Å². The van der Waals surface area contributed by atoms with E-state index in [1.54, 1.807) is 0 Å². The average molecular weight is 186 g/mol. The summed E-state index contributed by atoms with van der Waals surface area (Å²) >= 11 is 0. The molecule has 0 spiro atoms. The lowest BCUT2D eigenvalue weighted by Crippen LogP contribution is -2.06. The third kappa shape index (κ3) is 1.75. The second-order valence-corrected chi connectivity index (χ2v) is 3.56. The van der Waals surface area contributed by atoms with Crippen LogP contribution in [0, 0.1) is 6.92 Å². The SMILES string of the molecule is CNCc1cc2ccc(C)cc2cn1. The van der Waals surface area contributed by atoms with Crippen molar-refractivity contribution in [2.24, 2.45) is 0 Å². The van der Waals surface area contributed by atoms with Gasteiger partial charge >= 0.3 is 0 Å². The third-order valence-corrected chi connectivity index (χ3v) is 2.29. The maximum Gasteiger partial charge on any atom is 0.0547 e. The molecule has 0 saturated carbocycles. The predicted octanol–water partition coefficient (Wildman–Crippen LogP) is 2.26. The van der Waals surface area contributed by atoms with Gasteiger partial charge in [0.2, 0.25) is 0 Å². The maximum atomic E-state index is 4.38. The summed E-state index contributed by atoms with van der Waals surface area (Å²) in [6.07, 6.45) is 1.94. The Morgan fingerprint density at radius 3 is 2.86 bits per heavy atom. The highest BCUT2D eigenvalue weighted by Gasteiger charge is 1.97. The lowest BCUT2D eigenvalue weighted by Gasteiger charge is -2.02. The van der Waals surface area contributed by atoms with Crippen molar-refractivity contribution in [1.29, 1.82) is 0 Å². The summed E-state index contributed by atoms with van der Waals surface area (Å²) in [4.78, 5) is 4.38. The standard InChI is InChI=1S/C12H14N2/c1-9-3-4-10-6-12(8-13-2)14-7-11(10)5-9/h3-7,13H,8H2,1-2H3.